The Morgan fingerprint density at radius 3 is 2.73 bits per heavy atom. The molecule has 1 atom stereocenters. The largest absolute Gasteiger partial charge is 0.318 e. The third-order valence-corrected chi connectivity index (χ3v) is 2.69. The minimum absolute atomic E-state index is 0.425. The molecule has 1 N–H and O–H groups in total. The molecule has 11 heavy (non-hydrogen) atoms. The van der Waals surface area contributed by atoms with Crippen molar-refractivity contribution in [2.75, 3.05) is 5.32 Å². The maximum atomic E-state index is 11.1. The van der Waals surface area contributed by atoms with Gasteiger partial charge in [-0.25, -0.2) is 4.21 Å². The molecule has 4 heteroatoms. The third-order valence-electron chi connectivity index (χ3n) is 1.49. The summed E-state index contributed by atoms with van der Waals surface area (Å²) in [5, 5.41) is 2.08. The Morgan fingerprint density at radius 1 is 1.27 bits per heavy atom. The van der Waals surface area contributed by atoms with Gasteiger partial charge in [-0.15, -0.1) is 0 Å². The van der Waals surface area contributed by atoms with E-state index in [0.29, 0.717) is 10.6 Å². The van der Waals surface area contributed by atoms with Crippen LogP contribution >= 0.6 is 0 Å². The predicted molar refractivity (Wildman–Crippen MR) is 41.9 cm³/mol. The van der Waals surface area contributed by atoms with E-state index in [2.05, 4.69) is 5.32 Å². The molecule has 1 heterocycles. The van der Waals surface area contributed by atoms with Crippen LogP contribution in [0.3, 0.4) is 0 Å². The summed E-state index contributed by atoms with van der Waals surface area (Å²) in [5.41, 5.74) is 0.663. The Morgan fingerprint density at radius 2 is 2.00 bits per heavy atom. The standard InChI is InChI=1S/C7H5NO2S/c9-7-8-5-3-1-2-4-6(5)11(7)10/h1-4H,(H,8,9). The minimum Gasteiger partial charge on any atom is -0.313 e. The molecular weight excluding hydrogens is 162 g/mol. The SMILES string of the molecule is O=C1Nc2ccccc2S1=O. The van der Waals surface area contributed by atoms with Gasteiger partial charge in [-0.3, -0.25) is 4.79 Å². The van der Waals surface area contributed by atoms with Gasteiger partial charge in [-0.2, -0.15) is 0 Å². The van der Waals surface area contributed by atoms with Gasteiger partial charge in [0.15, 0.2) is 0 Å². The normalized spacial score (nSPS) is 21.1. The third kappa shape index (κ3) is 0.867. The molecule has 0 saturated carbocycles. The number of carbonyl (C=O) groups excluding carboxylic acids is 1. The molecule has 2 rings (SSSR count). The lowest BCUT2D eigenvalue weighted by atomic mass is 10.3. The van der Waals surface area contributed by atoms with Crippen LogP contribution in [0.2, 0.25) is 0 Å². The van der Waals surface area contributed by atoms with Gasteiger partial charge >= 0.3 is 5.24 Å². The average molecular weight is 167 g/mol. The molecule has 0 radical (unpaired) electrons. The van der Waals surface area contributed by atoms with Crippen LogP contribution in [0.4, 0.5) is 10.5 Å². The number of amides is 1. The molecule has 1 aliphatic heterocycles. The first-order valence-corrected chi connectivity index (χ1v) is 4.26. The van der Waals surface area contributed by atoms with Crippen molar-refractivity contribution in [1.82, 2.24) is 0 Å². The molecule has 0 saturated heterocycles. The van der Waals surface area contributed by atoms with Gasteiger partial charge < -0.3 is 5.32 Å². The number of para-hydroxylation sites is 1. The van der Waals surface area contributed by atoms with E-state index in [0.717, 1.165) is 0 Å². The van der Waals surface area contributed by atoms with Gasteiger partial charge in [0.1, 0.15) is 10.8 Å². The maximum Gasteiger partial charge on any atom is 0.318 e. The van der Waals surface area contributed by atoms with E-state index in [4.69, 9.17) is 0 Å². The fourth-order valence-corrected chi connectivity index (χ4v) is 1.91. The molecular formula is C7H5NO2S. The molecule has 56 valence electrons. The van der Waals surface area contributed by atoms with Crippen molar-refractivity contribution >= 4 is 21.7 Å². The lowest BCUT2D eigenvalue weighted by Crippen LogP contribution is -2.04. The Bertz CT molecular complexity index is 348. The number of anilines is 1. The van der Waals surface area contributed by atoms with E-state index < -0.39 is 16.0 Å². The molecule has 0 fully saturated rings. The molecule has 1 amide bonds. The fourth-order valence-electron chi connectivity index (χ4n) is 0.988. The Balaban J connectivity index is 2.64. The molecule has 1 aromatic rings. The summed E-state index contributed by atoms with van der Waals surface area (Å²) >= 11 is 0. The first kappa shape index (κ1) is 6.54. The van der Waals surface area contributed by atoms with E-state index in [1.807, 2.05) is 0 Å². The second kappa shape index (κ2) is 2.17. The zero-order valence-electron chi connectivity index (χ0n) is 5.53. The van der Waals surface area contributed by atoms with Gasteiger partial charge in [0.05, 0.1) is 10.6 Å². The summed E-state index contributed by atoms with van der Waals surface area (Å²) < 4.78 is 11.1. The van der Waals surface area contributed by atoms with Crippen molar-refractivity contribution in [3.8, 4) is 0 Å². The van der Waals surface area contributed by atoms with Crippen LogP contribution in [0.5, 0.6) is 0 Å². The number of carbonyl (C=O) groups is 1. The van der Waals surface area contributed by atoms with E-state index >= 15 is 0 Å². The van der Waals surface area contributed by atoms with Crippen molar-refractivity contribution < 1.29 is 9.00 Å². The quantitative estimate of drug-likeness (QED) is 0.633. The molecule has 0 spiro atoms. The highest BCUT2D eigenvalue weighted by Crippen LogP contribution is 2.25. The molecule has 1 unspecified atom stereocenters. The van der Waals surface area contributed by atoms with Gasteiger partial charge in [0.2, 0.25) is 0 Å². The first-order valence-electron chi connectivity index (χ1n) is 3.11. The number of hydrogen-bond donors (Lipinski definition) is 1. The Hall–Kier alpha value is -1.16. The monoisotopic (exact) mass is 167 g/mol. The zero-order valence-corrected chi connectivity index (χ0v) is 6.35. The summed E-state index contributed by atoms with van der Waals surface area (Å²) in [6, 6.07) is 6.97. The van der Waals surface area contributed by atoms with Crippen molar-refractivity contribution in [3.63, 3.8) is 0 Å². The maximum absolute atomic E-state index is 11.1. The Labute approximate surface area is 65.9 Å². The molecule has 0 bridgehead atoms. The van der Waals surface area contributed by atoms with Crippen LogP contribution < -0.4 is 5.32 Å². The number of nitrogens with one attached hydrogen (secondary N) is 1. The highest BCUT2D eigenvalue weighted by molar-refractivity contribution is 8.01. The van der Waals surface area contributed by atoms with Gasteiger partial charge in [-0.05, 0) is 12.1 Å². The van der Waals surface area contributed by atoms with E-state index in [-0.39, 0.29) is 0 Å². The van der Waals surface area contributed by atoms with E-state index in [1.165, 1.54) is 0 Å². The number of rotatable bonds is 0. The van der Waals surface area contributed by atoms with Crippen LogP contribution in [0, 0.1) is 0 Å². The second-order valence-corrected chi connectivity index (χ2v) is 3.53. The molecule has 0 aliphatic carbocycles. The summed E-state index contributed by atoms with van der Waals surface area (Å²) in [4.78, 5) is 11.4. The van der Waals surface area contributed by atoms with E-state index in [1.54, 1.807) is 24.3 Å². The van der Waals surface area contributed by atoms with Crippen LogP contribution in [-0.4, -0.2) is 9.45 Å². The highest BCUT2D eigenvalue weighted by Gasteiger charge is 2.25. The highest BCUT2D eigenvalue weighted by atomic mass is 32.2. The lowest BCUT2D eigenvalue weighted by molar-refractivity contribution is 0.269. The predicted octanol–water partition coefficient (Wildman–Crippen LogP) is 1.34. The summed E-state index contributed by atoms with van der Waals surface area (Å²) in [6.07, 6.45) is 0. The smallest absolute Gasteiger partial charge is 0.313 e. The zero-order chi connectivity index (χ0) is 7.84. The van der Waals surface area contributed by atoms with Gasteiger partial charge in [0, 0.05) is 0 Å². The van der Waals surface area contributed by atoms with E-state index in [9.17, 15) is 9.00 Å². The van der Waals surface area contributed by atoms with Gasteiger partial charge in [-0.1, -0.05) is 12.1 Å². The minimum atomic E-state index is -1.49. The Kier molecular flexibility index (Phi) is 1.29. The van der Waals surface area contributed by atoms with Crippen LogP contribution in [0.25, 0.3) is 0 Å². The van der Waals surface area contributed by atoms with Crippen LogP contribution in [-0.2, 0) is 10.8 Å². The molecule has 1 aliphatic rings. The fraction of sp³-hybridized carbons (Fsp3) is 0. The number of fused-ring (bicyclic) bond motifs is 1. The van der Waals surface area contributed by atoms with Crippen LogP contribution in [0.1, 0.15) is 0 Å². The van der Waals surface area contributed by atoms with Gasteiger partial charge in [0.25, 0.3) is 0 Å². The summed E-state index contributed by atoms with van der Waals surface area (Å²) in [5.74, 6) is 0. The summed E-state index contributed by atoms with van der Waals surface area (Å²) in [7, 11) is -1.49. The molecule has 0 aromatic heterocycles. The second-order valence-electron chi connectivity index (χ2n) is 2.18. The first-order chi connectivity index (χ1) is 5.29. The van der Waals surface area contributed by atoms with Crippen molar-refractivity contribution in [2.24, 2.45) is 0 Å². The van der Waals surface area contributed by atoms with Crippen molar-refractivity contribution in [2.45, 2.75) is 4.90 Å². The molecule has 1 aromatic carbocycles. The van der Waals surface area contributed by atoms with Crippen LogP contribution in [0.15, 0.2) is 29.2 Å². The van der Waals surface area contributed by atoms with Crippen molar-refractivity contribution in [3.05, 3.63) is 24.3 Å². The lowest BCUT2D eigenvalue weighted by Gasteiger charge is -1.91. The number of benzene rings is 1. The average Bonchev–Trinajstić information content (AvgIpc) is 2.30. The topological polar surface area (TPSA) is 46.2 Å². The number of hydrogen-bond acceptors (Lipinski definition) is 2. The summed E-state index contributed by atoms with van der Waals surface area (Å²) in [6.45, 7) is 0. The molecule has 3 nitrogen and oxygen atoms in total. The van der Waals surface area contributed by atoms with Crippen molar-refractivity contribution in [1.29, 1.82) is 0 Å².